The van der Waals surface area contributed by atoms with Gasteiger partial charge >= 0.3 is 6.03 Å². The Morgan fingerprint density at radius 3 is 2.75 bits per heavy atom. The van der Waals surface area contributed by atoms with Crippen molar-refractivity contribution in [3.8, 4) is 0 Å². The van der Waals surface area contributed by atoms with Gasteiger partial charge in [0.2, 0.25) is 0 Å². The number of carbonyl (C=O) groups excluding carboxylic acids is 1. The molecule has 0 saturated heterocycles. The predicted molar refractivity (Wildman–Crippen MR) is 64.3 cm³/mol. The van der Waals surface area contributed by atoms with Crippen LogP contribution < -0.4 is 10.6 Å². The highest BCUT2D eigenvalue weighted by Crippen LogP contribution is 2.26. The van der Waals surface area contributed by atoms with Crippen molar-refractivity contribution in [3.05, 3.63) is 0 Å². The maximum atomic E-state index is 11.6. The standard InChI is InChI=1S/C12H24N2O2/c1-3-10-6-4-5-7-11(10)14-12(16)13-9(2)8-15/h9-11,15H,3-8H2,1-2H3,(H2,13,14,16)/t9-,10?,11?/m0/s1. The highest BCUT2D eigenvalue weighted by molar-refractivity contribution is 5.74. The van der Waals surface area contributed by atoms with E-state index in [1.165, 1.54) is 19.3 Å². The van der Waals surface area contributed by atoms with E-state index in [2.05, 4.69) is 17.6 Å². The summed E-state index contributed by atoms with van der Waals surface area (Å²) in [5.74, 6) is 0.615. The normalized spacial score (nSPS) is 27.2. The molecule has 0 aliphatic heterocycles. The van der Waals surface area contributed by atoms with E-state index < -0.39 is 0 Å². The third kappa shape index (κ3) is 4.00. The molecule has 1 aliphatic carbocycles. The molecule has 0 aromatic carbocycles. The van der Waals surface area contributed by atoms with E-state index >= 15 is 0 Å². The number of aliphatic hydroxyl groups is 1. The van der Waals surface area contributed by atoms with Crippen LogP contribution in [0.25, 0.3) is 0 Å². The summed E-state index contributed by atoms with van der Waals surface area (Å²) in [5, 5.41) is 14.6. The van der Waals surface area contributed by atoms with Crippen molar-refractivity contribution in [2.24, 2.45) is 5.92 Å². The van der Waals surface area contributed by atoms with Gasteiger partial charge in [0.15, 0.2) is 0 Å². The van der Waals surface area contributed by atoms with Gasteiger partial charge in [-0.25, -0.2) is 4.79 Å². The molecule has 0 bridgehead atoms. The van der Waals surface area contributed by atoms with Crippen molar-refractivity contribution in [2.75, 3.05) is 6.61 Å². The van der Waals surface area contributed by atoms with E-state index in [9.17, 15) is 4.79 Å². The Balaban J connectivity index is 2.36. The number of aliphatic hydroxyl groups excluding tert-OH is 1. The van der Waals surface area contributed by atoms with E-state index in [1.807, 2.05) is 0 Å². The molecule has 16 heavy (non-hydrogen) atoms. The molecule has 94 valence electrons. The van der Waals surface area contributed by atoms with Crippen molar-refractivity contribution in [1.29, 1.82) is 0 Å². The molecule has 1 saturated carbocycles. The second kappa shape index (κ2) is 6.74. The lowest BCUT2D eigenvalue weighted by Gasteiger charge is -2.31. The Bertz CT molecular complexity index is 221. The number of hydrogen-bond acceptors (Lipinski definition) is 2. The predicted octanol–water partition coefficient (Wildman–Crippen LogP) is 1.64. The van der Waals surface area contributed by atoms with Crippen LogP contribution >= 0.6 is 0 Å². The fourth-order valence-electron chi connectivity index (χ4n) is 2.37. The van der Waals surface area contributed by atoms with Crippen molar-refractivity contribution in [1.82, 2.24) is 10.6 Å². The topological polar surface area (TPSA) is 61.4 Å². The molecule has 1 aliphatic rings. The number of nitrogens with one attached hydrogen (secondary N) is 2. The Hall–Kier alpha value is -0.770. The lowest BCUT2D eigenvalue weighted by molar-refractivity contribution is 0.203. The van der Waals surface area contributed by atoms with Crippen LogP contribution in [0, 0.1) is 5.92 Å². The van der Waals surface area contributed by atoms with Gasteiger partial charge in [-0.1, -0.05) is 26.2 Å². The van der Waals surface area contributed by atoms with Gasteiger partial charge in [0.1, 0.15) is 0 Å². The molecule has 4 nitrogen and oxygen atoms in total. The Morgan fingerprint density at radius 2 is 2.12 bits per heavy atom. The SMILES string of the molecule is CCC1CCCCC1NC(=O)N[C@@H](C)CO. The molecular weight excluding hydrogens is 204 g/mol. The smallest absolute Gasteiger partial charge is 0.315 e. The molecule has 2 unspecified atom stereocenters. The van der Waals surface area contributed by atoms with E-state index in [4.69, 9.17) is 5.11 Å². The largest absolute Gasteiger partial charge is 0.394 e. The molecule has 0 heterocycles. The minimum absolute atomic E-state index is 0.0186. The van der Waals surface area contributed by atoms with Gasteiger partial charge in [-0.15, -0.1) is 0 Å². The van der Waals surface area contributed by atoms with Gasteiger partial charge in [-0.05, 0) is 25.7 Å². The molecule has 4 heteroatoms. The third-order valence-electron chi connectivity index (χ3n) is 3.40. The summed E-state index contributed by atoms with van der Waals surface area (Å²) >= 11 is 0. The molecule has 0 radical (unpaired) electrons. The lowest BCUT2D eigenvalue weighted by atomic mass is 9.83. The van der Waals surface area contributed by atoms with E-state index in [0.717, 1.165) is 12.8 Å². The third-order valence-corrected chi connectivity index (χ3v) is 3.40. The summed E-state index contributed by atoms with van der Waals surface area (Å²) in [6.07, 6.45) is 5.92. The van der Waals surface area contributed by atoms with Crippen molar-refractivity contribution in [3.63, 3.8) is 0 Å². The quantitative estimate of drug-likeness (QED) is 0.685. The number of rotatable bonds is 4. The van der Waals surface area contributed by atoms with Crippen LogP contribution in [-0.4, -0.2) is 29.8 Å². The zero-order valence-corrected chi connectivity index (χ0v) is 10.3. The highest BCUT2D eigenvalue weighted by Gasteiger charge is 2.25. The van der Waals surface area contributed by atoms with Gasteiger partial charge < -0.3 is 15.7 Å². The second-order valence-corrected chi connectivity index (χ2v) is 4.76. The average molecular weight is 228 g/mol. The summed E-state index contributed by atoms with van der Waals surface area (Å²) in [7, 11) is 0. The Kier molecular flexibility index (Phi) is 5.60. The summed E-state index contributed by atoms with van der Waals surface area (Å²) in [4.78, 5) is 11.6. The molecule has 0 aromatic heterocycles. The number of hydrogen-bond donors (Lipinski definition) is 3. The van der Waals surface area contributed by atoms with Crippen molar-refractivity contribution < 1.29 is 9.90 Å². The first kappa shape index (κ1) is 13.3. The van der Waals surface area contributed by atoms with Crippen LogP contribution in [0.3, 0.4) is 0 Å². The van der Waals surface area contributed by atoms with Crippen molar-refractivity contribution in [2.45, 2.75) is 58.0 Å². The van der Waals surface area contributed by atoms with Gasteiger partial charge in [0, 0.05) is 6.04 Å². The van der Waals surface area contributed by atoms with E-state index in [0.29, 0.717) is 12.0 Å². The fraction of sp³-hybridized carbons (Fsp3) is 0.917. The molecule has 0 spiro atoms. The highest BCUT2D eigenvalue weighted by atomic mass is 16.3. The summed E-state index contributed by atoms with van der Waals surface area (Å²) in [5.41, 5.74) is 0. The Morgan fingerprint density at radius 1 is 1.44 bits per heavy atom. The first-order chi connectivity index (χ1) is 7.67. The number of amides is 2. The van der Waals surface area contributed by atoms with Gasteiger partial charge in [-0.3, -0.25) is 0 Å². The minimum Gasteiger partial charge on any atom is -0.394 e. The van der Waals surface area contributed by atoms with E-state index in [-0.39, 0.29) is 18.7 Å². The van der Waals surface area contributed by atoms with Gasteiger partial charge in [0.05, 0.1) is 12.6 Å². The Labute approximate surface area is 97.8 Å². The molecule has 2 amide bonds. The number of carbonyl (C=O) groups is 1. The van der Waals surface area contributed by atoms with Crippen LogP contribution in [0.1, 0.15) is 46.0 Å². The zero-order chi connectivity index (χ0) is 12.0. The zero-order valence-electron chi connectivity index (χ0n) is 10.3. The lowest BCUT2D eigenvalue weighted by Crippen LogP contribution is -2.49. The molecular formula is C12H24N2O2. The van der Waals surface area contributed by atoms with Crippen LogP contribution in [0.5, 0.6) is 0 Å². The van der Waals surface area contributed by atoms with E-state index in [1.54, 1.807) is 6.92 Å². The first-order valence-electron chi connectivity index (χ1n) is 6.35. The summed E-state index contributed by atoms with van der Waals surface area (Å²) in [6, 6.07) is -0.0137. The van der Waals surface area contributed by atoms with Crippen LogP contribution in [0.15, 0.2) is 0 Å². The van der Waals surface area contributed by atoms with Crippen molar-refractivity contribution >= 4 is 6.03 Å². The first-order valence-corrected chi connectivity index (χ1v) is 6.35. The fourth-order valence-corrected chi connectivity index (χ4v) is 2.37. The maximum Gasteiger partial charge on any atom is 0.315 e. The second-order valence-electron chi connectivity index (χ2n) is 4.76. The summed E-state index contributed by atoms with van der Waals surface area (Å²) < 4.78 is 0. The molecule has 0 aromatic rings. The molecule has 1 fully saturated rings. The molecule has 3 atom stereocenters. The average Bonchev–Trinajstić information content (AvgIpc) is 2.29. The summed E-state index contributed by atoms with van der Waals surface area (Å²) in [6.45, 7) is 3.95. The molecule has 1 rings (SSSR count). The maximum absolute atomic E-state index is 11.6. The molecule has 3 N–H and O–H groups in total. The number of urea groups is 1. The van der Waals surface area contributed by atoms with Gasteiger partial charge in [-0.2, -0.15) is 0 Å². The van der Waals surface area contributed by atoms with Crippen LogP contribution in [0.4, 0.5) is 4.79 Å². The van der Waals surface area contributed by atoms with Crippen LogP contribution in [0.2, 0.25) is 0 Å². The monoisotopic (exact) mass is 228 g/mol. The van der Waals surface area contributed by atoms with Crippen LogP contribution in [-0.2, 0) is 0 Å². The van der Waals surface area contributed by atoms with Gasteiger partial charge in [0.25, 0.3) is 0 Å². The minimum atomic E-state index is -0.177.